The second-order valence-electron chi connectivity index (χ2n) is 3.48. The van der Waals surface area contributed by atoms with E-state index in [-0.39, 0.29) is 0 Å². The summed E-state index contributed by atoms with van der Waals surface area (Å²) in [4.78, 5) is 8.30. The van der Waals surface area contributed by atoms with Crippen molar-refractivity contribution in [3.63, 3.8) is 0 Å². The van der Waals surface area contributed by atoms with Crippen molar-refractivity contribution in [3.05, 3.63) is 47.6 Å². The van der Waals surface area contributed by atoms with Gasteiger partial charge in [-0.2, -0.15) is 4.98 Å². The number of benzene rings is 1. The van der Waals surface area contributed by atoms with Crippen molar-refractivity contribution < 1.29 is 4.42 Å². The summed E-state index contributed by atoms with van der Waals surface area (Å²) in [7, 11) is 0. The maximum Gasteiger partial charge on any atom is 0.301 e. The second-order valence-corrected chi connectivity index (χ2v) is 3.91. The Morgan fingerprint density at radius 3 is 2.71 bits per heavy atom. The molecule has 0 fully saturated rings. The van der Waals surface area contributed by atoms with E-state index in [9.17, 15) is 0 Å². The van der Waals surface area contributed by atoms with Crippen LogP contribution in [0, 0.1) is 0 Å². The van der Waals surface area contributed by atoms with Crippen LogP contribution in [0.5, 0.6) is 0 Å². The van der Waals surface area contributed by atoms with Crippen LogP contribution >= 0.6 is 11.6 Å². The smallest absolute Gasteiger partial charge is 0.301 e. The molecule has 0 radical (unpaired) electrons. The minimum absolute atomic E-state index is 0.418. The molecule has 2 aromatic heterocycles. The van der Waals surface area contributed by atoms with E-state index in [0.717, 1.165) is 5.69 Å². The third-order valence-electron chi connectivity index (χ3n) is 2.26. The average molecular weight is 246 g/mol. The van der Waals surface area contributed by atoms with Crippen molar-refractivity contribution in [1.82, 2.24) is 9.97 Å². The number of nitrogens with zero attached hydrogens (tertiary/aromatic N) is 2. The molecule has 2 heterocycles. The Kier molecular flexibility index (Phi) is 2.42. The van der Waals surface area contributed by atoms with Gasteiger partial charge in [0.1, 0.15) is 0 Å². The predicted molar refractivity (Wildman–Crippen MR) is 66.5 cm³/mol. The topological polar surface area (TPSA) is 51.0 Å². The van der Waals surface area contributed by atoms with Gasteiger partial charge in [-0.15, -0.1) is 0 Å². The highest BCUT2D eigenvalue weighted by atomic mass is 35.5. The summed E-state index contributed by atoms with van der Waals surface area (Å²) in [6, 6.07) is 11.3. The molecule has 0 atom stereocenters. The molecule has 5 heteroatoms. The molecule has 4 nitrogen and oxygen atoms in total. The molecule has 0 aliphatic carbocycles. The van der Waals surface area contributed by atoms with Gasteiger partial charge in [-0.1, -0.05) is 11.6 Å². The van der Waals surface area contributed by atoms with Gasteiger partial charge in [-0.25, -0.2) is 4.98 Å². The fourth-order valence-electron chi connectivity index (χ4n) is 1.48. The van der Waals surface area contributed by atoms with Crippen LogP contribution in [-0.4, -0.2) is 9.97 Å². The summed E-state index contributed by atoms with van der Waals surface area (Å²) in [6.07, 6.45) is 1.68. The van der Waals surface area contributed by atoms with E-state index >= 15 is 0 Å². The lowest BCUT2D eigenvalue weighted by Crippen LogP contribution is -1.89. The van der Waals surface area contributed by atoms with Crippen LogP contribution in [0.1, 0.15) is 0 Å². The maximum absolute atomic E-state index is 5.80. The third-order valence-corrected chi connectivity index (χ3v) is 2.51. The first-order valence-electron chi connectivity index (χ1n) is 5.05. The molecule has 17 heavy (non-hydrogen) atoms. The van der Waals surface area contributed by atoms with E-state index in [4.69, 9.17) is 16.0 Å². The van der Waals surface area contributed by atoms with Gasteiger partial charge in [-0.05, 0) is 36.4 Å². The Labute approximate surface area is 102 Å². The van der Waals surface area contributed by atoms with Crippen molar-refractivity contribution in [2.75, 3.05) is 5.32 Å². The molecule has 3 rings (SSSR count). The number of halogens is 1. The van der Waals surface area contributed by atoms with E-state index in [2.05, 4.69) is 15.3 Å². The van der Waals surface area contributed by atoms with E-state index < -0.39 is 0 Å². The van der Waals surface area contributed by atoms with Crippen molar-refractivity contribution in [2.45, 2.75) is 0 Å². The number of nitrogens with one attached hydrogen (secondary N) is 1. The standard InChI is InChI=1S/C12H8ClN3O/c13-8-3-5-9(6-4-8)15-12-16-11-10(17-12)2-1-7-14-11/h1-7H,(H,14,15,16). The summed E-state index contributed by atoms with van der Waals surface area (Å²) >= 11 is 5.80. The molecule has 0 amide bonds. The zero-order chi connectivity index (χ0) is 11.7. The van der Waals surface area contributed by atoms with Gasteiger partial charge in [0.25, 0.3) is 0 Å². The average Bonchev–Trinajstić information content (AvgIpc) is 2.74. The van der Waals surface area contributed by atoms with E-state index in [1.807, 2.05) is 18.2 Å². The molecule has 0 saturated carbocycles. The fourth-order valence-corrected chi connectivity index (χ4v) is 1.61. The van der Waals surface area contributed by atoms with Crippen LogP contribution in [0.15, 0.2) is 47.0 Å². The maximum atomic E-state index is 5.80. The first kappa shape index (κ1) is 10.1. The highest BCUT2D eigenvalue weighted by molar-refractivity contribution is 6.30. The number of pyridine rings is 1. The first-order valence-corrected chi connectivity index (χ1v) is 5.43. The van der Waals surface area contributed by atoms with Gasteiger partial charge >= 0.3 is 6.01 Å². The van der Waals surface area contributed by atoms with E-state index in [1.165, 1.54) is 0 Å². The fraction of sp³-hybridized carbons (Fsp3) is 0. The van der Waals surface area contributed by atoms with Gasteiger partial charge in [0.2, 0.25) is 5.65 Å². The minimum atomic E-state index is 0.418. The third kappa shape index (κ3) is 2.07. The number of hydrogen-bond donors (Lipinski definition) is 1. The van der Waals surface area contributed by atoms with Gasteiger partial charge in [0.05, 0.1) is 0 Å². The Balaban J connectivity index is 1.92. The number of oxazole rings is 1. The van der Waals surface area contributed by atoms with E-state index in [0.29, 0.717) is 22.3 Å². The Bertz CT molecular complexity index is 615. The van der Waals surface area contributed by atoms with Crippen molar-refractivity contribution in [3.8, 4) is 0 Å². The molecule has 0 unspecified atom stereocenters. The lowest BCUT2D eigenvalue weighted by Gasteiger charge is -2.00. The number of fused-ring (bicyclic) bond motifs is 1. The molecule has 3 aromatic rings. The van der Waals surface area contributed by atoms with Gasteiger partial charge in [0, 0.05) is 16.9 Å². The van der Waals surface area contributed by atoms with Crippen LogP contribution < -0.4 is 5.32 Å². The molecule has 1 aromatic carbocycles. The highest BCUT2D eigenvalue weighted by Crippen LogP contribution is 2.21. The van der Waals surface area contributed by atoms with Crippen molar-refractivity contribution in [2.24, 2.45) is 0 Å². The van der Waals surface area contributed by atoms with Gasteiger partial charge in [0.15, 0.2) is 5.58 Å². The molecule has 0 saturated heterocycles. The van der Waals surface area contributed by atoms with Gasteiger partial charge in [-0.3, -0.25) is 0 Å². The highest BCUT2D eigenvalue weighted by Gasteiger charge is 2.05. The number of aromatic nitrogens is 2. The molecule has 0 aliphatic heterocycles. The normalized spacial score (nSPS) is 10.6. The van der Waals surface area contributed by atoms with E-state index in [1.54, 1.807) is 24.4 Å². The van der Waals surface area contributed by atoms with Crippen molar-refractivity contribution >= 4 is 34.5 Å². The largest absolute Gasteiger partial charge is 0.422 e. The van der Waals surface area contributed by atoms with Crippen molar-refractivity contribution in [1.29, 1.82) is 0 Å². The van der Waals surface area contributed by atoms with Crippen LogP contribution in [0.25, 0.3) is 11.2 Å². The molecular formula is C12H8ClN3O. The van der Waals surface area contributed by atoms with Crippen LogP contribution in [-0.2, 0) is 0 Å². The molecule has 0 aliphatic rings. The molecular weight excluding hydrogens is 238 g/mol. The van der Waals surface area contributed by atoms with Crippen LogP contribution in [0.4, 0.5) is 11.7 Å². The zero-order valence-corrected chi connectivity index (χ0v) is 9.48. The lowest BCUT2D eigenvalue weighted by atomic mass is 10.3. The number of rotatable bonds is 2. The summed E-state index contributed by atoms with van der Waals surface area (Å²) in [5, 5.41) is 3.73. The predicted octanol–water partition coefficient (Wildman–Crippen LogP) is 3.62. The number of hydrogen-bond acceptors (Lipinski definition) is 4. The summed E-state index contributed by atoms with van der Waals surface area (Å²) in [5.41, 5.74) is 2.11. The Morgan fingerprint density at radius 2 is 1.94 bits per heavy atom. The first-order chi connectivity index (χ1) is 8.31. The zero-order valence-electron chi connectivity index (χ0n) is 8.72. The summed E-state index contributed by atoms with van der Waals surface area (Å²) < 4.78 is 5.48. The van der Waals surface area contributed by atoms with Crippen LogP contribution in [0.3, 0.4) is 0 Å². The minimum Gasteiger partial charge on any atom is -0.422 e. The summed E-state index contributed by atoms with van der Waals surface area (Å²) in [6.45, 7) is 0. The number of anilines is 2. The Hall–Kier alpha value is -2.07. The Morgan fingerprint density at radius 1 is 1.12 bits per heavy atom. The van der Waals surface area contributed by atoms with Crippen LogP contribution in [0.2, 0.25) is 5.02 Å². The molecule has 0 bridgehead atoms. The lowest BCUT2D eigenvalue weighted by molar-refractivity contribution is 0.623. The molecule has 84 valence electrons. The summed E-state index contributed by atoms with van der Waals surface area (Å²) in [5.74, 6) is 0. The second kappa shape index (κ2) is 4.07. The SMILES string of the molecule is Clc1ccc(Nc2nc3ncccc3o2)cc1. The van der Waals surface area contributed by atoms with Gasteiger partial charge < -0.3 is 9.73 Å². The quantitative estimate of drug-likeness (QED) is 0.749. The molecule has 1 N–H and O–H groups in total. The molecule has 0 spiro atoms. The monoisotopic (exact) mass is 245 g/mol.